The van der Waals surface area contributed by atoms with E-state index in [4.69, 9.17) is 17.3 Å². The molecular formula is C27H33Cl2N9O2S. The number of aliphatic hydroxyl groups is 1. The van der Waals surface area contributed by atoms with Crippen LogP contribution in [0.1, 0.15) is 32.6 Å². The average molecular weight is 619 g/mol. The lowest BCUT2D eigenvalue weighted by Gasteiger charge is -2.42. The van der Waals surface area contributed by atoms with E-state index in [1.807, 2.05) is 17.9 Å². The van der Waals surface area contributed by atoms with Gasteiger partial charge in [0.25, 0.3) is 0 Å². The summed E-state index contributed by atoms with van der Waals surface area (Å²) in [6.07, 6.45) is 9.60. The second kappa shape index (κ2) is 12.2. The number of carbonyl (C=O) groups is 1. The van der Waals surface area contributed by atoms with Crippen molar-refractivity contribution < 1.29 is 9.90 Å². The SMILES string of the molecule is C[C@@H]1C(=O)CC2(CCN(c3cnc(Sc4ccnc(Nc5ccnc(N6CC[C@H](O)C6)n5)c4Cl)cn3)CC2)[C@H]1N.Cl. The van der Waals surface area contributed by atoms with Crippen LogP contribution in [-0.4, -0.2) is 74.1 Å². The highest BCUT2D eigenvalue weighted by Gasteiger charge is 2.50. The lowest BCUT2D eigenvalue weighted by molar-refractivity contribution is -0.120. The molecule has 14 heteroatoms. The predicted octanol–water partition coefficient (Wildman–Crippen LogP) is 3.73. The molecule has 3 atom stereocenters. The Morgan fingerprint density at radius 1 is 1.10 bits per heavy atom. The number of aromatic nitrogens is 5. The molecule has 1 saturated carbocycles. The summed E-state index contributed by atoms with van der Waals surface area (Å²) in [6, 6.07) is 3.52. The number of pyridine rings is 1. The minimum absolute atomic E-state index is 0. The van der Waals surface area contributed by atoms with Gasteiger partial charge in [0.15, 0.2) is 5.82 Å². The zero-order valence-corrected chi connectivity index (χ0v) is 25.0. The maximum absolute atomic E-state index is 12.3. The molecule has 4 N–H and O–H groups in total. The van der Waals surface area contributed by atoms with Gasteiger partial charge < -0.3 is 26.0 Å². The van der Waals surface area contributed by atoms with Gasteiger partial charge in [-0.25, -0.2) is 19.9 Å². The molecule has 1 aliphatic carbocycles. The second-order valence-electron chi connectivity index (χ2n) is 10.8. The number of anilines is 4. The molecule has 2 saturated heterocycles. The number of halogens is 2. The van der Waals surface area contributed by atoms with Gasteiger partial charge in [0.05, 0.1) is 23.5 Å². The van der Waals surface area contributed by atoms with Crippen molar-refractivity contribution in [2.75, 3.05) is 41.3 Å². The van der Waals surface area contributed by atoms with E-state index in [-0.39, 0.29) is 35.9 Å². The molecule has 41 heavy (non-hydrogen) atoms. The van der Waals surface area contributed by atoms with Crippen molar-refractivity contribution in [1.82, 2.24) is 24.9 Å². The fraction of sp³-hybridized carbons (Fsp3) is 0.481. The summed E-state index contributed by atoms with van der Waals surface area (Å²) in [4.78, 5) is 39.8. The molecule has 1 spiro atoms. The van der Waals surface area contributed by atoms with Gasteiger partial charge in [-0.1, -0.05) is 30.3 Å². The minimum Gasteiger partial charge on any atom is -0.391 e. The fourth-order valence-corrected chi connectivity index (χ4v) is 6.92. The molecule has 218 valence electrons. The van der Waals surface area contributed by atoms with Crippen molar-refractivity contribution >= 4 is 65.0 Å². The van der Waals surface area contributed by atoms with Crippen molar-refractivity contribution in [2.45, 2.75) is 54.7 Å². The van der Waals surface area contributed by atoms with Crippen molar-refractivity contribution in [3.8, 4) is 0 Å². The molecule has 5 heterocycles. The van der Waals surface area contributed by atoms with Crippen LogP contribution < -0.4 is 20.9 Å². The van der Waals surface area contributed by atoms with Crippen LogP contribution in [0.15, 0.2) is 46.8 Å². The van der Waals surface area contributed by atoms with E-state index >= 15 is 0 Å². The number of nitrogens with two attached hydrogens (primary N) is 1. The molecule has 0 unspecified atom stereocenters. The lowest BCUT2D eigenvalue weighted by atomic mass is 9.73. The first kappa shape index (κ1) is 29.7. The van der Waals surface area contributed by atoms with Crippen LogP contribution in [0.5, 0.6) is 0 Å². The Labute approximate surface area is 254 Å². The third-order valence-corrected chi connectivity index (χ3v) is 9.86. The first-order valence-electron chi connectivity index (χ1n) is 13.5. The molecule has 2 aliphatic heterocycles. The molecule has 0 bridgehead atoms. The van der Waals surface area contributed by atoms with Crippen molar-refractivity contribution in [1.29, 1.82) is 0 Å². The molecule has 3 fully saturated rings. The molecular weight excluding hydrogens is 585 g/mol. The Balaban J connectivity index is 0.00000337. The van der Waals surface area contributed by atoms with Crippen LogP contribution in [0.3, 0.4) is 0 Å². The van der Waals surface area contributed by atoms with Crippen molar-refractivity contribution in [2.24, 2.45) is 17.1 Å². The number of nitrogens with one attached hydrogen (secondary N) is 1. The van der Waals surface area contributed by atoms with E-state index in [1.165, 1.54) is 11.8 Å². The molecule has 3 aromatic heterocycles. The molecule has 0 aromatic carbocycles. The summed E-state index contributed by atoms with van der Waals surface area (Å²) < 4.78 is 0. The molecule has 11 nitrogen and oxygen atoms in total. The first-order valence-corrected chi connectivity index (χ1v) is 14.7. The van der Waals surface area contributed by atoms with Crippen LogP contribution in [-0.2, 0) is 4.79 Å². The third kappa shape index (κ3) is 6.07. The topological polar surface area (TPSA) is 146 Å². The average Bonchev–Trinajstić information content (AvgIpc) is 3.49. The van der Waals surface area contributed by atoms with E-state index in [1.54, 1.807) is 30.9 Å². The van der Waals surface area contributed by atoms with E-state index in [2.05, 4.69) is 35.1 Å². The molecule has 0 amide bonds. The van der Waals surface area contributed by atoms with Crippen LogP contribution >= 0.6 is 35.8 Å². The van der Waals surface area contributed by atoms with Crippen LogP contribution in [0, 0.1) is 11.3 Å². The van der Waals surface area contributed by atoms with Crippen LogP contribution in [0.2, 0.25) is 5.02 Å². The van der Waals surface area contributed by atoms with Crippen LogP contribution in [0.25, 0.3) is 0 Å². The Kier molecular flexibility index (Phi) is 8.86. The molecule has 3 aliphatic rings. The van der Waals surface area contributed by atoms with E-state index in [0.717, 1.165) is 36.6 Å². The zero-order valence-electron chi connectivity index (χ0n) is 22.6. The van der Waals surface area contributed by atoms with E-state index in [9.17, 15) is 9.90 Å². The highest BCUT2D eigenvalue weighted by atomic mass is 35.5. The van der Waals surface area contributed by atoms with Gasteiger partial charge in [0.2, 0.25) is 5.95 Å². The summed E-state index contributed by atoms with van der Waals surface area (Å²) in [7, 11) is 0. The largest absolute Gasteiger partial charge is 0.391 e. The van der Waals surface area contributed by atoms with Crippen molar-refractivity contribution in [3.05, 3.63) is 41.9 Å². The Hall–Kier alpha value is -2.77. The number of β-amino-alcohol motifs (C(OH)–C–C–N with tert-alkyl or cyclic N) is 1. The summed E-state index contributed by atoms with van der Waals surface area (Å²) in [5.41, 5.74) is 6.37. The standard InChI is InChI=1S/C27H32ClN9O2S.ClH/c1-16-18(39)12-27(24(16)29)5-10-36(11-6-27)21-13-33-22(14-32-21)40-19-2-7-30-25(23(19)28)34-20-3-8-31-26(35-20)37-9-4-17(38)15-37;/h2-3,7-8,13-14,16-17,24,38H,4-6,9-12,15,29H2,1H3,(H,30,31,34,35);1H/t16-,17+,24+;/m1./s1. The summed E-state index contributed by atoms with van der Waals surface area (Å²) in [5.74, 6) is 2.65. The number of hydrogen-bond acceptors (Lipinski definition) is 12. The maximum atomic E-state index is 12.3. The highest BCUT2D eigenvalue weighted by molar-refractivity contribution is 7.99. The Morgan fingerprint density at radius 3 is 2.54 bits per heavy atom. The smallest absolute Gasteiger partial charge is 0.227 e. The lowest BCUT2D eigenvalue weighted by Crippen LogP contribution is -2.48. The fourth-order valence-electron chi connectivity index (χ4n) is 5.89. The van der Waals surface area contributed by atoms with Gasteiger partial charge in [-0.15, -0.1) is 12.4 Å². The van der Waals surface area contributed by atoms with Gasteiger partial charge in [-0.2, -0.15) is 4.98 Å². The maximum Gasteiger partial charge on any atom is 0.227 e. The van der Waals surface area contributed by atoms with E-state index < -0.39 is 0 Å². The van der Waals surface area contributed by atoms with Gasteiger partial charge in [0.1, 0.15) is 22.4 Å². The Bertz CT molecular complexity index is 1390. The van der Waals surface area contributed by atoms with Gasteiger partial charge in [-0.3, -0.25) is 4.79 Å². The number of Topliss-reactive ketones (excluding diaryl/α,β-unsaturated/α-hetero) is 1. The minimum atomic E-state index is -0.360. The number of nitrogens with zero attached hydrogens (tertiary/aromatic N) is 7. The highest BCUT2D eigenvalue weighted by Crippen LogP contribution is 2.46. The summed E-state index contributed by atoms with van der Waals surface area (Å²) in [6.45, 7) is 4.80. The van der Waals surface area contributed by atoms with E-state index in [0.29, 0.717) is 59.3 Å². The van der Waals surface area contributed by atoms with Gasteiger partial charge in [-0.05, 0) is 36.8 Å². The van der Waals surface area contributed by atoms with Gasteiger partial charge >= 0.3 is 0 Å². The monoisotopic (exact) mass is 617 g/mol. The zero-order chi connectivity index (χ0) is 27.9. The number of rotatable bonds is 6. The van der Waals surface area contributed by atoms with Crippen molar-refractivity contribution in [3.63, 3.8) is 0 Å². The first-order chi connectivity index (χ1) is 19.3. The summed E-state index contributed by atoms with van der Waals surface area (Å²) in [5, 5.41) is 14.2. The normalized spacial score (nSPS) is 23.6. The number of piperidine rings is 1. The number of ketones is 1. The Morgan fingerprint density at radius 2 is 1.88 bits per heavy atom. The summed E-state index contributed by atoms with van der Waals surface area (Å²) >= 11 is 8.12. The predicted molar refractivity (Wildman–Crippen MR) is 161 cm³/mol. The second-order valence-corrected chi connectivity index (χ2v) is 12.3. The molecule has 0 radical (unpaired) electrons. The number of aliphatic hydroxyl groups excluding tert-OH is 1. The quantitative estimate of drug-likeness (QED) is 0.370. The molecule has 3 aromatic rings. The van der Waals surface area contributed by atoms with Gasteiger partial charge in [0, 0.05) is 61.8 Å². The number of carbonyl (C=O) groups excluding carboxylic acids is 1. The number of hydrogen-bond donors (Lipinski definition) is 3. The third-order valence-electron chi connectivity index (χ3n) is 8.38. The molecule has 6 rings (SSSR count). The van der Waals surface area contributed by atoms with Crippen LogP contribution in [0.4, 0.5) is 23.4 Å².